The van der Waals surface area contributed by atoms with E-state index >= 15 is 0 Å². The summed E-state index contributed by atoms with van der Waals surface area (Å²) in [6, 6.07) is 15.0. The molecule has 1 N–H and O–H groups in total. The molecule has 0 bridgehead atoms. The van der Waals surface area contributed by atoms with Gasteiger partial charge in [-0.2, -0.15) is 0 Å². The molecule has 0 fully saturated rings. The van der Waals surface area contributed by atoms with Crippen LogP contribution < -0.4 is 5.32 Å². The van der Waals surface area contributed by atoms with Crippen molar-refractivity contribution in [1.29, 1.82) is 0 Å². The molecule has 1 atom stereocenters. The van der Waals surface area contributed by atoms with Crippen molar-refractivity contribution in [3.63, 3.8) is 0 Å². The number of amides is 2. The molecule has 4 nitrogen and oxygen atoms in total. The Bertz CT molecular complexity index is 717. The number of likely N-dealkylation sites (N-methyl/N-ethyl adjacent to an activating group) is 1. The normalized spacial score (nSPS) is 11.7. The molecule has 26 heavy (non-hydrogen) atoms. The fourth-order valence-electron chi connectivity index (χ4n) is 2.84. The number of nitrogens with one attached hydrogen (secondary N) is 1. The van der Waals surface area contributed by atoms with Crippen LogP contribution >= 0.6 is 0 Å². The average molecular weight is 356 g/mol. The summed E-state index contributed by atoms with van der Waals surface area (Å²) < 4.78 is 13.2. The number of rotatable bonds is 8. The van der Waals surface area contributed by atoms with Crippen LogP contribution in [0.2, 0.25) is 0 Å². The summed E-state index contributed by atoms with van der Waals surface area (Å²) >= 11 is 0. The van der Waals surface area contributed by atoms with Crippen molar-refractivity contribution in [1.82, 2.24) is 10.2 Å². The highest BCUT2D eigenvalue weighted by molar-refractivity contribution is 5.87. The van der Waals surface area contributed by atoms with Gasteiger partial charge in [-0.1, -0.05) is 49.4 Å². The fraction of sp³-hybridized carbons (Fsp3) is 0.333. The number of halogens is 1. The van der Waals surface area contributed by atoms with E-state index in [4.69, 9.17) is 0 Å². The van der Waals surface area contributed by atoms with E-state index in [1.807, 2.05) is 37.3 Å². The number of carbonyl (C=O) groups is 2. The summed E-state index contributed by atoms with van der Waals surface area (Å²) in [5.74, 6) is -0.617. The first-order chi connectivity index (χ1) is 12.5. The predicted octanol–water partition coefficient (Wildman–Crippen LogP) is 3.31. The van der Waals surface area contributed by atoms with Gasteiger partial charge in [0.25, 0.3) is 0 Å². The van der Waals surface area contributed by atoms with Crippen LogP contribution in [0.3, 0.4) is 0 Å². The standard InChI is InChI=1S/C21H25FN2O2/c1-3-20(25)24(15-17-10-12-18(22)13-11-17)19(21(26)23-4-2)14-16-8-6-5-7-9-16/h5-13,19H,3-4,14-15H2,1-2H3,(H,23,26)/t19-/m1/s1. The van der Waals surface area contributed by atoms with Crippen LogP contribution in [0.1, 0.15) is 31.4 Å². The third kappa shape index (κ3) is 5.41. The molecule has 0 aliphatic rings. The Morgan fingerprint density at radius 2 is 1.65 bits per heavy atom. The highest BCUT2D eigenvalue weighted by Gasteiger charge is 2.29. The molecule has 0 unspecified atom stereocenters. The molecule has 0 saturated heterocycles. The van der Waals surface area contributed by atoms with Crippen LogP contribution in [-0.2, 0) is 22.6 Å². The number of hydrogen-bond donors (Lipinski definition) is 1. The Labute approximate surface area is 154 Å². The molecule has 2 amide bonds. The lowest BCUT2D eigenvalue weighted by atomic mass is 10.0. The van der Waals surface area contributed by atoms with Gasteiger partial charge in [0.05, 0.1) is 0 Å². The van der Waals surface area contributed by atoms with Gasteiger partial charge in [-0.3, -0.25) is 9.59 Å². The fourth-order valence-corrected chi connectivity index (χ4v) is 2.84. The topological polar surface area (TPSA) is 49.4 Å². The Hall–Kier alpha value is -2.69. The highest BCUT2D eigenvalue weighted by Crippen LogP contribution is 2.16. The predicted molar refractivity (Wildman–Crippen MR) is 99.9 cm³/mol. The van der Waals surface area contributed by atoms with Gasteiger partial charge >= 0.3 is 0 Å². The van der Waals surface area contributed by atoms with Crippen molar-refractivity contribution in [2.75, 3.05) is 6.54 Å². The zero-order valence-electron chi connectivity index (χ0n) is 15.2. The van der Waals surface area contributed by atoms with Gasteiger partial charge in [0.15, 0.2) is 0 Å². The smallest absolute Gasteiger partial charge is 0.243 e. The van der Waals surface area contributed by atoms with E-state index in [1.165, 1.54) is 12.1 Å². The Morgan fingerprint density at radius 3 is 2.23 bits per heavy atom. The van der Waals surface area contributed by atoms with Crippen molar-refractivity contribution in [3.05, 3.63) is 71.5 Å². The summed E-state index contributed by atoms with van der Waals surface area (Å²) in [6.07, 6.45) is 0.728. The summed E-state index contributed by atoms with van der Waals surface area (Å²) in [4.78, 5) is 26.9. The molecular formula is C21H25FN2O2. The Balaban J connectivity index is 2.31. The van der Waals surface area contributed by atoms with Crippen LogP contribution in [0.15, 0.2) is 54.6 Å². The Morgan fingerprint density at radius 1 is 1.00 bits per heavy atom. The molecule has 0 saturated carbocycles. The van der Waals surface area contributed by atoms with Crippen molar-refractivity contribution >= 4 is 11.8 Å². The van der Waals surface area contributed by atoms with E-state index in [0.29, 0.717) is 19.4 Å². The van der Waals surface area contributed by atoms with Crippen molar-refractivity contribution in [2.45, 2.75) is 39.3 Å². The minimum absolute atomic E-state index is 0.110. The maximum absolute atomic E-state index is 13.2. The molecule has 2 aromatic carbocycles. The Kier molecular flexibility index (Phi) is 7.33. The summed E-state index contributed by atoms with van der Waals surface area (Å²) in [5, 5.41) is 2.83. The molecule has 2 rings (SSSR count). The minimum atomic E-state index is -0.616. The molecule has 0 spiro atoms. The van der Waals surface area contributed by atoms with Crippen LogP contribution in [0.4, 0.5) is 4.39 Å². The summed E-state index contributed by atoms with van der Waals surface area (Å²) in [7, 11) is 0. The van der Waals surface area contributed by atoms with Crippen molar-refractivity contribution < 1.29 is 14.0 Å². The highest BCUT2D eigenvalue weighted by atomic mass is 19.1. The molecule has 0 heterocycles. The maximum Gasteiger partial charge on any atom is 0.243 e. The number of benzene rings is 2. The van der Waals surface area contributed by atoms with Crippen LogP contribution in [0.5, 0.6) is 0 Å². The molecule has 0 aliphatic heterocycles. The second-order valence-corrected chi connectivity index (χ2v) is 6.10. The van der Waals surface area contributed by atoms with E-state index in [1.54, 1.807) is 24.0 Å². The van der Waals surface area contributed by atoms with Crippen LogP contribution in [0, 0.1) is 5.82 Å². The first-order valence-electron chi connectivity index (χ1n) is 8.90. The third-order valence-electron chi connectivity index (χ3n) is 4.19. The molecule has 0 aromatic heterocycles. The van der Waals surface area contributed by atoms with E-state index in [2.05, 4.69) is 5.32 Å². The van der Waals surface area contributed by atoms with E-state index in [0.717, 1.165) is 11.1 Å². The molecule has 5 heteroatoms. The molecule has 0 radical (unpaired) electrons. The van der Waals surface area contributed by atoms with Crippen LogP contribution in [0.25, 0.3) is 0 Å². The maximum atomic E-state index is 13.2. The average Bonchev–Trinajstić information content (AvgIpc) is 2.66. The van der Waals surface area contributed by atoms with Gasteiger partial charge in [-0.25, -0.2) is 4.39 Å². The van der Waals surface area contributed by atoms with Gasteiger partial charge in [-0.05, 0) is 30.2 Å². The van der Waals surface area contributed by atoms with Gasteiger partial charge in [0, 0.05) is 25.9 Å². The number of nitrogens with zero attached hydrogens (tertiary/aromatic N) is 1. The lowest BCUT2D eigenvalue weighted by molar-refractivity contribution is -0.141. The quantitative estimate of drug-likeness (QED) is 0.789. The lowest BCUT2D eigenvalue weighted by Gasteiger charge is -2.31. The monoisotopic (exact) mass is 356 g/mol. The number of carbonyl (C=O) groups excluding carboxylic acids is 2. The van der Waals surface area contributed by atoms with Gasteiger partial charge in [-0.15, -0.1) is 0 Å². The molecular weight excluding hydrogens is 331 g/mol. The van der Waals surface area contributed by atoms with E-state index < -0.39 is 6.04 Å². The molecule has 2 aromatic rings. The summed E-state index contributed by atoms with van der Waals surface area (Å²) in [5.41, 5.74) is 1.77. The second kappa shape index (κ2) is 9.70. The third-order valence-corrected chi connectivity index (χ3v) is 4.19. The number of hydrogen-bond acceptors (Lipinski definition) is 2. The largest absolute Gasteiger partial charge is 0.355 e. The van der Waals surface area contributed by atoms with E-state index in [-0.39, 0.29) is 24.2 Å². The molecule has 138 valence electrons. The first-order valence-corrected chi connectivity index (χ1v) is 8.90. The van der Waals surface area contributed by atoms with Gasteiger partial charge in [0.2, 0.25) is 11.8 Å². The zero-order valence-corrected chi connectivity index (χ0v) is 15.2. The lowest BCUT2D eigenvalue weighted by Crippen LogP contribution is -2.50. The molecule has 0 aliphatic carbocycles. The summed E-state index contributed by atoms with van der Waals surface area (Å²) in [6.45, 7) is 4.39. The van der Waals surface area contributed by atoms with Crippen LogP contribution in [-0.4, -0.2) is 29.3 Å². The SMILES string of the molecule is CCNC(=O)[C@@H](Cc1ccccc1)N(Cc1ccc(F)cc1)C(=O)CC. The van der Waals surface area contributed by atoms with Gasteiger partial charge in [0.1, 0.15) is 11.9 Å². The first kappa shape index (κ1) is 19.6. The van der Waals surface area contributed by atoms with Crippen molar-refractivity contribution in [3.8, 4) is 0 Å². The van der Waals surface area contributed by atoms with E-state index in [9.17, 15) is 14.0 Å². The zero-order chi connectivity index (χ0) is 18.9. The second-order valence-electron chi connectivity index (χ2n) is 6.10. The van der Waals surface area contributed by atoms with Crippen molar-refractivity contribution in [2.24, 2.45) is 0 Å². The minimum Gasteiger partial charge on any atom is -0.355 e. The van der Waals surface area contributed by atoms with Gasteiger partial charge < -0.3 is 10.2 Å².